The smallest absolute Gasteiger partial charge is 0.310 e. The van der Waals surface area contributed by atoms with Crippen molar-refractivity contribution in [2.24, 2.45) is 5.92 Å². The number of nitrogens with zero attached hydrogens (tertiary/aromatic N) is 2. The lowest BCUT2D eigenvalue weighted by atomic mass is 10.1. The number of ether oxygens (including phenoxy) is 1. The standard InChI is InChI=1S/C10H13ClN2O2S/c1-15-9(14)7-2-3-13(5-7)6-8-4-12-10(11)16-8/h4,7H,2-3,5-6H2,1H3. The molecule has 2 heterocycles. The molecule has 0 saturated carbocycles. The summed E-state index contributed by atoms with van der Waals surface area (Å²) in [6, 6.07) is 0. The number of thiazole rings is 1. The highest BCUT2D eigenvalue weighted by Crippen LogP contribution is 2.23. The third kappa shape index (κ3) is 2.72. The predicted molar refractivity (Wildman–Crippen MR) is 62.5 cm³/mol. The normalized spacial score (nSPS) is 21.2. The minimum absolute atomic E-state index is 0.0217. The van der Waals surface area contributed by atoms with Crippen LogP contribution in [0.5, 0.6) is 0 Å². The summed E-state index contributed by atoms with van der Waals surface area (Å²) < 4.78 is 5.31. The number of rotatable bonds is 3. The molecule has 2 rings (SSSR count). The topological polar surface area (TPSA) is 42.4 Å². The van der Waals surface area contributed by atoms with Crippen LogP contribution < -0.4 is 0 Å². The molecule has 0 amide bonds. The van der Waals surface area contributed by atoms with Crippen LogP contribution in [0.1, 0.15) is 11.3 Å². The Kier molecular flexibility index (Phi) is 3.78. The van der Waals surface area contributed by atoms with E-state index in [2.05, 4.69) is 9.88 Å². The first kappa shape index (κ1) is 11.8. The van der Waals surface area contributed by atoms with Gasteiger partial charge in [0, 0.05) is 24.2 Å². The van der Waals surface area contributed by atoms with Crippen LogP contribution in [0.4, 0.5) is 0 Å². The van der Waals surface area contributed by atoms with E-state index in [4.69, 9.17) is 16.3 Å². The second kappa shape index (κ2) is 5.12. The third-order valence-electron chi connectivity index (χ3n) is 2.71. The summed E-state index contributed by atoms with van der Waals surface area (Å²) in [7, 11) is 1.44. The first-order chi connectivity index (χ1) is 7.69. The molecule has 1 atom stereocenters. The summed E-state index contributed by atoms with van der Waals surface area (Å²) in [6.45, 7) is 2.51. The van der Waals surface area contributed by atoms with Crippen molar-refractivity contribution in [1.29, 1.82) is 0 Å². The van der Waals surface area contributed by atoms with Crippen LogP contribution in [0.25, 0.3) is 0 Å². The van der Waals surface area contributed by atoms with Gasteiger partial charge in [0.2, 0.25) is 0 Å². The summed E-state index contributed by atoms with van der Waals surface area (Å²) >= 11 is 7.25. The lowest BCUT2D eigenvalue weighted by Crippen LogP contribution is -2.23. The van der Waals surface area contributed by atoms with Crippen LogP contribution in [-0.2, 0) is 16.1 Å². The number of aromatic nitrogens is 1. The summed E-state index contributed by atoms with van der Waals surface area (Å²) in [5.41, 5.74) is 0. The third-order valence-corrected chi connectivity index (χ3v) is 3.81. The molecule has 88 valence electrons. The van der Waals surface area contributed by atoms with Gasteiger partial charge in [-0.3, -0.25) is 9.69 Å². The lowest BCUT2D eigenvalue weighted by molar-refractivity contribution is -0.144. The molecule has 4 nitrogen and oxygen atoms in total. The van der Waals surface area contributed by atoms with Crippen LogP contribution in [-0.4, -0.2) is 36.1 Å². The van der Waals surface area contributed by atoms with Gasteiger partial charge in [-0.15, -0.1) is 11.3 Å². The van der Waals surface area contributed by atoms with E-state index >= 15 is 0 Å². The van der Waals surface area contributed by atoms with Crippen LogP contribution in [0.15, 0.2) is 6.20 Å². The molecule has 1 aromatic rings. The van der Waals surface area contributed by atoms with Gasteiger partial charge >= 0.3 is 5.97 Å². The number of methoxy groups -OCH3 is 1. The number of likely N-dealkylation sites (tertiary alicyclic amines) is 1. The Morgan fingerprint density at radius 3 is 3.25 bits per heavy atom. The number of halogens is 1. The van der Waals surface area contributed by atoms with Gasteiger partial charge in [0.1, 0.15) is 0 Å². The van der Waals surface area contributed by atoms with Gasteiger partial charge in [0.25, 0.3) is 0 Å². The van der Waals surface area contributed by atoms with E-state index in [0.29, 0.717) is 4.47 Å². The molecule has 0 aliphatic carbocycles. The lowest BCUT2D eigenvalue weighted by Gasteiger charge is -2.13. The van der Waals surface area contributed by atoms with E-state index in [0.717, 1.165) is 30.9 Å². The van der Waals surface area contributed by atoms with Crippen molar-refractivity contribution in [3.63, 3.8) is 0 Å². The maximum Gasteiger partial charge on any atom is 0.310 e. The quantitative estimate of drug-likeness (QED) is 0.777. The van der Waals surface area contributed by atoms with Crippen molar-refractivity contribution < 1.29 is 9.53 Å². The van der Waals surface area contributed by atoms with Crippen molar-refractivity contribution in [2.45, 2.75) is 13.0 Å². The van der Waals surface area contributed by atoms with Gasteiger partial charge in [-0.25, -0.2) is 4.98 Å². The SMILES string of the molecule is COC(=O)C1CCN(Cc2cnc(Cl)s2)C1. The Bertz CT molecular complexity index is 383. The molecule has 1 fully saturated rings. The Labute approximate surface area is 103 Å². The zero-order chi connectivity index (χ0) is 11.5. The van der Waals surface area contributed by atoms with Gasteiger partial charge in [-0.2, -0.15) is 0 Å². The molecule has 0 radical (unpaired) electrons. The zero-order valence-corrected chi connectivity index (χ0v) is 10.6. The van der Waals surface area contributed by atoms with E-state index in [1.165, 1.54) is 18.4 Å². The van der Waals surface area contributed by atoms with Crippen molar-refractivity contribution in [2.75, 3.05) is 20.2 Å². The molecular weight excluding hydrogens is 248 g/mol. The predicted octanol–water partition coefficient (Wildman–Crippen LogP) is 1.79. The molecule has 6 heteroatoms. The van der Waals surface area contributed by atoms with Gasteiger partial charge in [0.15, 0.2) is 4.47 Å². The summed E-state index contributed by atoms with van der Waals surface area (Å²) in [5, 5.41) is 0. The Hall–Kier alpha value is -0.650. The van der Waals surface area contributed by atoms with Crippen LogP contribution in [0, 0.1) is 5.92 Å². The number of carbonyl (C=O) groups is 1. The zero-order valence-electron chi connectivity index (χ0n) is 8.98. The second-order valence-electron chi connectivity index (χ2n) is 3.82. The van der Waals surface area contributed by atoms with E-state index in [1.54, 1.807) is 6.20 Å². The molecular formula is C10H13ClN2O2S. The number of carbonyl (C=O) groups excluding carboxylic acids is 1. The highest BCUT2D eigenvalue weighted by molar-refractivity contribution is 7.15. The molecule has 0 N–H and O–H groups in total. The Morgan fingerprint density at radius 1 is 1.81 bits per heavy atom. The van der Waals surface area contributed by atoms with Crippen molar-refractivity contribution in [1.82, 2.24) is 9.88 Å². The molecule has 1 saturated heterocycles. The molecule has 1 unspecified atom stereocenters. The van der Waals surface area contributed by atoms with Crippen LogP contribution in [0.3, 0.4) is 0 Å². The van der Waals surface area contributed by atoms with Crippen LogP contribution in [0.2, 0.25) is 4.47 Å². The number of hydrogen-bond acceptors (Lipinski definition) is 5. The fourth-order valence-corrected chi connectivity index (χ4v) is 2.93. The minimum atomic E-state index is -0.107. The average Bonchev–Trinajstić information content (AvgIpc) is 2.87. The van der Waals surface area contributed by atoms with Crippen molar-refractivity contribution in [3.8, 4) is 0 Å². The van der Waals surface area contributed by atoms with E-state index < -0.39 is 0 Å². The largest absolute Gasteiger partial charge is 0.469 e. The van der Waals surface area contributed by atoms with Crippen LogP contribution >= 0.6 is 22.9 Å². The second-order valence-corrected chi connectivity index (χ2v) is 5.52. The maximum atomic E-state index is 11.3. The highest BCUT2D eigenvalue weighted by Gasteiger charge is 2.29. The van der Waals surface area contributed by atoms with Gasteiger partial charge in [0.05, 0.1) is 13.0 Å². The maximum absolute atomic E-state index is 11.3. The average molecular weight is 261 g/mol. The fourth-order valence-electron chi connectivity index (χ4n) is 1.91. The van der Waals surface area contributed by atoms with Crippen molar-refractivity contribution >= 4 is 28.9 Å². The van der Waals surface area contributed by atoms with Crippen molar-refractivity contribution in [3.05, 3.63) is 15.5 Å². The Balaban J connectivity index is 1.87. The molecule has 1 aliphatic heterocycles. The summed E-state index contributed by atoms with van der Waals surface area (Å²) in [4.78, 5) is 18.7. The van der Waals surface area contributed by atoms with Gasteiger partial charge in [-0.1, -0.05) is 11.6 Å². The molecule has 0 aromatic carbocycles. The molecule has 1 aliphatic rings. The minimum Gasteiger partial charge on any atom is -0.469 e. The van der Waals surface area contributed by atoms with E-state index in [1.807, 2.05) is 0 Å². The molecule has 16 heavy (non-hydrogen) atoms. The van der Waals surface area contributed by atoms with Gasteiger partial charge < -0.3 is 4.74 Å². The molecule has 1 aromatic heterocycles. The first-order valence-corrected chi connectivity index (χ1v) is 6.29. The van der Waals surface area contributed by atoms with E-state index in [9.17, 15) is 4.79 Å². The number of hydrogen-bond donors (Lipinski definition) is 0. The number of esters is 1. The fraction of sp³-hybridized carbons (Fsp3) is 0.600. The first-order valence-electron chi connectivity index (χ1n) is 5.09. The monoisotopic (exact) mass is 260 g/mol. The molecule has 0 bridgehead atoms. The highest BCUT2D eigenvalue weighted by atomic mass is 35.5. The molecule has 0 spiro atoms. The van der Waals surface area contributed by atoms with Gasteiger partial charge in [-0.05, 0) is 13.0 Å². The van der Waals surface area contributed by atoms with E-state index in [-0.39, 0.29) is 11.9 Å². The summed E-state index contributed by atoms with van der Waals surface area (Å²) in [6.07, 6.45) is 2.66. The summed E-state index contributed by atoms with van der Waals surface area (Å²) in [5.74, 6) is -0.0850. The Morgan fingerprint density at radius 2 is 2.62 bits per heavy atom.